The van der Waals surface area contributed by atoms with E-state index in [1.165, 1.54) is 17.8 Å². The Balaban J connectivity index is 1.62. The summed E-state index contributed by atoms with van der Waals surface area (Å²) < 4.78 is 0. The second kappa shape index (κ2) is 4.64. The predicted molar refractivity (Wildman–Crippen MR) is 81.1 cm³/mol. The highest BCUT2D eigenvalue weighted by Gasteiger charge is 2.55. The van der Waals surface area contributed by atoms with Crippen LogP contribution < -0.4 is 5.32 Å². The minimum Gasteiger partial charge on any atom is -0.311 e. The van der Waals surface area contributed by atoms with E-state index in [9.17, 15) is 0 Å². The largest absolute Gasteiger partial charge is 0.311 e. The highest BCUT2D eigenvalue weighted by molar-refractivity contribution is 7.11. The number of hydrogen-bond acceptors (Lipinski definition) is 4. The molecule has 4 unspecified atom stereocenters. The molecule has 2 aromatic rings. The van der Waals surface area contributed by atoms with Crippen LogP contribution in [0, 0.1) is 5.92 Å². The van der Waals surface area contributed by atoms with Crippen molar-refractivity contribution in [3.8, 4) is 0 Å². The van der Waals surface area contributed by atoms with Gasteiger partial charge < -0.3 is 5.32 Å². The second-order valence-corrected chi connectivity index (χ2v) is 6.98. The zero-order valence-corrected chi connectivity index (χ0v) is 12.7. The molecule has 0 radical (unpaired) electrons. The summed E-state index contributed by atoms with van der Waals surface area (Å²) in [6, 6.07) is 9.23. The first-order valence-corrected chi connectivity index (χ1v) is 8.19. The van der Waals surface area contributed by atoms with E-state index in [0.717, 1.165) is 10.9 Å². The molecule has 1 aromatic heterocycles. The molecule has 4 rings (SSSR count). The Morgan fingerprint density at radius 2 is 2.10 bits per heavy atom. The highest BCUT2D eigenvalue weighted by atomic mass is 32.1. The zero-order chi connectivity index (χ0) is 13.7. The van der Waals surface area contributed by atoms with E-state index in [0.29, 0.717) is 17.9 Å². The number of rotatable bonds is 3. The summed E-state index contributed by atoms with van der Waals surface area (Å²) >= 11 is 1.79. The monoisotopic (exact) mass is 285 g/mol. The molecule has 1 fully saturated rings. The molecule has 0 amide bonds. The molecule has 1 aromatic carbocycles. The van der Waals surface area contributed by atoms with Crippen LogP contribution in [-0.2, 0) is 6.42 Å². The summed E-state index contributed by atoms with van der Waals surface area (Å²) in [5.41, 5.74) is 3.11. The summed E-state index contributed by atoms with van der Waals surface area (Å²) in [7, 11) is 1.97. The Morgan fingerprint density at radius 1 is 1.25 bits per heavy atom. The maximum absolute atomic E-state index is 4.47. The number of benzene rings is 1. The smallest absolute Gasteiger partial charge is 0.134 e. The highest BCUT2D eigenvalue weighted by Crippen LogP contribution is 2.65. The average Bonchev–Trinajstić information content (AvgIpc) is 3.04. The lowest BCUT2D eigenvalue weighted by molar-refractivity contribution is 0.638. The van der Waals surface area contributed by atoms with Gasteiger partial charge in [0, 0.05) is 5.92 Å². The van der Waals surface area contributed by atoms with E-state index in [1.807, 2.05) is 7.05 Å². The Bertz CT molecular complexity index is 636. The number of aryl methyl sites for hydroxylation is 1. The molecule has 4 heteroatoms. The van der Waals surface area contributed by atoms with Gasteiger partial charge >= 0.3 is 0 Å². The average molecular weight is 285 g/mol. The topological polar surface area (TPSA) is 37.8 Å². The fourth-order valence-electron chi connectivity index (χ4n) is 3.58. The van der Waals surface area contributed by atoms with Gasteiger partial charge in [-0.1, -0.05) is 35.6 Å². The molecule has 20 heavy (non-hydrogen) atoms. The molecule has 4 atom stereocenters. The number of nitrogens with one attached hydrogen (secondary N) is 1. The summed E-state index contributed by atoms with van der Waals surface area (Å²) in [4.78, 5) is 0. The van der Waals surface area contributed by atoms with Gasteiger partial charge in [-0.3, -0.25) is 0 Å². The Labute approximate surface area is 123 Å². The quantitative estimate of drug-likeness (QED) is 0.940. The summed E-state index contributed by atoms with van der Waals surface area (Å²) in [5.74, 6) is 2.12. The molecule has 0 aliphatic heterocycles. The lowest BCUT2D eigenvalue weighted by Crippen LogP contribution is -2.11. The first-order valence-electron chi connectivity index (χ1n) is 7.38. The van der Waals surface area contributed by atoms with Gasteiger partial charge in [-0.2, -0.15) is 0 Å². The minimum absolute atomic E-state index is 0.300. The van der Waals surface area contributed by atoms with Crippen LogP contribution in [0.15, 0.2) is 24.3 Å². The van der Waals surface area contributed by atoms with Gasteiger partial charge in [0.1, 0.15) is 10.0 Å². The molecule has 1 N–H and O–H groups in total. The van der Waals surface area contributed by atoms with Crippen molar-refractivity contribution in [2.24, 2.45) is 5.92 Å². The van der Waals surface area contributed by atoms with Crippen LogP contribution in [0.5, 0.6) is 0 Å². The molecule has 0 spiro atoms. The van der Waals surface area contributed by atoms with Gasteiger partial charge in [-0.25, -0.2) is 0 Å². The van der Waals surface area contributed by atoms with Crippen molar-refractivity contribution in [2.75, 3.05) is 7.05 Å². The SMILES string of the molecule is CNC(C)c1nnc(C2C3CCc4ccccc4C32)s1. The zero-order valence-electron chi connectivity index (χ0n) is 11.8. The van der Waals surface area contributed by atoms with Crippen molar-refractivity contribution < 1.29 is 0 Å². The van der Waals surface area contributed by atoms with Crippen LogP contribution in [0.1, 0.15) is 52.4 Å². The normalized spacial score (nSPS) is 28.6. The Morgan fingerprint density at radius 3 is 2.95 bits per heavy atom. The van der Waals surface area contributed by atoms with E-state index >= 15 is 0 Å². The van der Waals surface area contributed by atoms with Crippen LogP contribution >= 0.6 is 11.3 Å². The van der Waals surface area contributed by atoms with Crippen molar-refractivity contribution >= 4 is 11.3 Å². The van der Waals surface area contributed by atoms with Crippen molar-refractivity contribution in [2.45, 2.75) is 37.6 Å². The fraction of sp³-hybridized carbons (Fsp3) is 0.500. The number of nitrogens with zero attached hydrogens (tertiary/aromatic N) is 2. The molecule has 0 bridgehead atoms. The van der Waals surface area contributed by atoms with Crippen LogP contribution in [0.4, 0.5) is 0 Å². The van der Waals surface area contributed by atoms with E-state index in [-0.39, 0.29) is 0 Å². The van der Waals surface area contributed by atoms with Crippen molar-refractivity contribution in [3.63, 3.8) is 0 Å². The predicted octanol–water partition coefficient (Wildman–Crippen LogP) is 3.26. The molecule has 0 saturated heterocycles. The maximum atomic E-state index is 4.47. The van der Waals surface area contributed by atoms with Gasteiger partial charge in [0.05, 0.1) is 6.04 Å². The molecule has 3 nitrogen and oxygen atoms in total. The summed E-state index contributed by atoms with van der Waals surface area (Å²) in [5, 5.41) is 14.4. The number of hydrogen-bond donors (Lipinski definition) is 1. The molecule has 104 valence electrons. The Hall–Kier alpha value is -1.26. The Kier molecular flexibility index (Phi) is 2.89. The van der Waals surface area contributed by atoms with E-state index in [1.54, 1.807) is 22.5 Å². The minimum atomic E-state index is 0.300. The van der Waals surface area contributed by atoms with Crippen molar-refractivity contribution in [1.82, 2.24) is 15.5 Å². The molecule has 1 saturated carbocycles. The summed E-state index contributed by atoms with van der Waals surface area (Å²) in [6.45, 7) is 2.14. The van der Waals surface area contributed by atoms with Crippen molar-refractivity contribution in [3.05, 3.63) is 45.4 Å². The van der Waals surface area contributed by atoms with Gasteiger partial charge in [0.15, 0.2) is 0 Å². The molecular formula is C16H19N3S. The molecule has 1 heterocycles. The third-order valence-corrected chi connectivity index (χ3v) is 6.08. The first-order chi connectivity index (χ1) is 9.79. The van der Waals surface area contributed by atoms with Gasteiger partial charge in [-0.15, -0.1) is 10.2 Å². The lowest BCUT2D eigenvalue weighted by Gasteiger charge is -2.13. The third kappa shape index (κ3) is 1.82. The van der Waals surface area contributed by atoms with E-state index in [4.69, 9.17) is 0 Å². The van der Waals surface area contributed by atoms with Gasteiger partial charge in [0.25, 0.3) is 0 Å². The lowest BCUT2D eigenvalue weighted by atomic mass is 9.92. The molecular weight excluding hydrogens is 266 g/mol. The van der Waals surface area contributed by atoms with E-state index < -0.39 is 0 Å². The van der Waals surface area contributed by atoms with Crippen LogP contribution in [0.25, 0.3) is 0 Å². The van der Waals surface area contributed by atoms with Gasteiger partial charge in [0.2, 0.25) is 0 Å². The maximum Gasteiger partial charge on any atom is 0.134 e. The standard InChI is InChI=1S/C16H19N3S/c1-9(17-2)15-18-19-16(20-15)14-12-8-7-10-5-3-4-6-11(10)13(12)14/h3-6,9,12-14,17H,7-8H2,1-2H3. The van der Waals surface area contributed by atoms with Crippen LogP contribution in [0.3, 0.4) is 0 Å². The van der Waals surface area contributed by atoms with Crippen LogP contribution in [0.2, 0.25) is 0 Å². The number of fused-ring (bicyclic) bond motifs is 3. The van der Waals surface area contributed by atoms with E-state index in [2.05, 4.69) is 46.7 Å². The van der Waals surface area contributed by atoms with Crippen molar-refractivity contribution in [1.29, 1.82) is 0 Å². The molecule has 2 aliphatic rings. The van der Waals surface area contributed by atoms with Crippen LogP contribution in [-0.4, -0.2) is 17.2 Å². The summed E-state index contributed by atoms with van der Waals surface area (Å²) in [6.07, 6.45) is 2.54. The second-order valence-electron chi connectivity index (χ2n) is 5.94. The third-order valence-electron chi connectivity index (χ3n) is 4.87. The fourth-order valence-corrected chi connectivity index (χ4v) is 4.71. The molecule has 2 aliphatic carbocycles. The number of aromatic nitrogens is 2. The first kappa shape index (κ1) is 12.5. The van der Waals surface area contributed by atoms with Gasteiger partial charge in [-0.05, 0) is 49.8 Å².